The van der Waals surface area contributed by atoms with E-state index in [-0.39, 0.29) is 11.6 Å². The van der Waals surface area contributed by atoms with Gasteiger partial charge in [-0.2, -0.15) is 4.39 Å². The molecular weight excluding hydrogens is 274 g/mol. The summed E-state index contributed by atoms with van der Waals surface area (Å²) >= 11 is 5.55. The molecule has 2 aromatic rings. The summed E-state index contributed by atoms with van der Waals surface area (Å²) in [6, 6.07) is 8.34. The van der Waals surface area contributed by atoms with E-state index < -0.39 is 17.9 Å². The monoisotopic (exact) mass is 284 g/mol. The highest BCUT2D eigenvalue weighted by atomic mass is 35.5. The SMILES string of the molecule is OC(CNc1cccc(F)n1)c1ccc(Cl)c(F)c1. The van der Waals surface area contributed by atoms with Crippen LogP contribution in [-0.2, 0) is 0 Å². The Morgan fingerprint density at radius 2 is 2.05 bits per heavy atom. The number of nitrogens with one attached hydrogen (secondary N) is 1. The molecule has 6 heteroatoms. The van der Waals surface area contributed by atoms with Crippen molar-refractivity contribution in [3.8, 4) is 0 Å². The van der Waals surface area contributed by atoms with Gasteiger partial charge in [-0.3, -0.25) is 0 Å². The van der Waals surface area contributed by atoms with Gasteiger partial charge in [-0.25, -0.2) is 9.37 Å². The third kappa shape index (κ3) is 3.62. The van der Waals surface area contributed by atoms with Gasteiger partial charge in [0.2, 0.25) is 5.95 Å². The maximum absolute atomic E-state index is 13.2. The largest absolute Gasteiger partial charge is 0.387 e. The first-order valence-corrected chi connectivity index (χ1v) is 5.93. The summed E-state index contributed by atoms with van der Waals surface area (Å²) in [6.07, 6.45) is -0.947. The number of anilines is 1. The van der Waals surface area contributed by atoms with Crippen LogP contribution in [0.25, 0.3) is 0 Å². The average Bonchev–Trinajstić information content (AvgIpc) is 2.39. The van der Waals surface area contributed by atoms with Crippen molar-refractivity contribution in [2.24, 2.45) is 0 Å². The third-order valence-electron chi connectivity index (χ3n) is 2.52. The summed E-state index contributed by atoms with van der Waals surface area (Å²) in [4.78, 5) is 3.59. The molecule has 3 nitrogen and oxygen atoms in total. The Morgan fingerprint density at radius 1 is 1.26 bits per heavy atom. The molecule has 0 aliphatic carbocycles. The van der Waals surface area contributed by atoms with Gasteiger partial charge in [0.15, 0.2) is 0 Å². The number of aliphatic hydroxyl groups is 1. The van der Waals surface area contributed by atoms with E-state index in [9.17, 15) is 13.9 Å². The molecule has 19 heavy (non-hydrogen) atoms. The van der Waals surface area contributed by atoms with E-state index in [2.05, 4.69) is 10.3 Å². The number of nitrogens with zero attached hydrogens (tertiary/aromatic N) is 1. The number of aromatic nitrogens is 1. The molecule has 0 fully saturated rings. The van der Waals surface area contributed by atoms with Gasteiger partial charge >= 0.3 is 0 Å². The third-order valence-corrected chi connectivity index (χ3v) is 2.83. The van der Waals surface area contributed by atoms with Crippen molar-refractivity contribution in [3.05, 3.63) is 58.7 Å². The smallest absolute Gasteiger partial charge is 0.214 e. The number of rotatable bonds is 4. The van der Waals surface area contributed by atoms with Gasteiger partial charge in [-0.1, -0.05) is 23.7 Å². The molecule has 0 saturated heterocycles. The lowest BCUT2D eigenvalue weighted by atomic mass is 10.1. The Kier molecular flexibility index (Phi) is 4.29. The molecule has 1 atom stereocenters. The molecule has 2 N–H and O–H groups in total. The summed E-state index contributed by atoms with van der Waals surface area (Å²) in [6.45, 7) is 0.0809. The van der Waals surface area contributed by atoms with E-state index in [0.717, 1.165) is 6.07 Å². The summed E-state index contributed by atoms with van der Waals surface area (Å²) in [5.74, 6) is -0.910. The van der Waals surface area contributed by atoms with Crippen molar-refractivity contribution >= 4 is 17.4 Å². The fraction of sp³-hybridized carbons (Fsp3) is 0.154. The lowest BCUT2D eigenvalue weighted by molar-refractivity contribution is 0.191. The number of benzene rings is 1. The van der Waals surface area contributed by atoms with Crippen LogP contribution in [0.5, 0.6) is 0 Å². The van der Waals surface area contributed by atoms with Crippen molar-refractivity contribution in [1.29, 1.82) is 0 Å². The van der Waals surface area contributed by atoms with E-state index >= 15 is 0 Å². The van der Waals surface area contributed by atoms with Gasteiger partial charge in [0.05, 0.1) is 11.1 Å². The van der Waals surface area contributed by atoms with Gasteiger partial charge in [-0.05, 0) is 29.8 Å². The molecule has 0 radical (unpaired) electrons. The summed E-state index contributed by atoms with van der Waals surface area (Å²) < 4.78 is 26.1. The lowest BCUT2D eigenvalue weighted by Gasteiger charge is -2.13. The minimum absolute atomic E-state index is 0.00398. The highest BCUT2D eigenvalue weighted by molar-refractivity contribution is 6.30. The zero-order valence-corrected chi connectivity index (χ0v) is 10.5. The van der Waals surface area contributed by atoms with Gasteiger partial charge in [0, 0.05) is 6.54 Å². The topological polar surface area (TPSA) is 45.1 Å². The maximum Gasteiger partial charge on any atom is 0.214 e. The number of aliphatic hydroxyl groups excluding tert-OH is 1. The first-order chi connectivity index (χ1) is 9.06. The van der Waals surface area contributed by atoms with Crippen molar-refractivity contribution in [2.75, 3.05) is 11.9 Å². The van der Waals surface area contributed by atoms with Crippen LogP contribution >= 0.6 is 11.6 Å². The molecule has 0 aliphatic rings. The Morgan fingerprint density at radius 3 is 2.74 bits per heavy atom. The highest BCUT2D eigenvalue weighted by Gasteiger charge is 2.10. The fourth-order valence-electron chi connectivity index (χ4n) is 1.55. The number of halogens is 3. The van der Waals surface area contributed by atoms with E-state index in [1.54, 1.807) is 6.07 Å². The normalized spacial score (nSPS) is 12.2. The summed E-state index contributed by atoms with van der Waals surface area (Å²) in [5.41, 5.74) is 0.380. The Hall–Kier alpha value is -1.72. The van der Waals surface area contributed by atoms with Crippen molar-refractivity contribution in [3.63, 3.8) is 0 Å². The van der Waals surface area contributed by atoms with Crippen LogP contribution in [0.2, 0.25) is 5.02 Å². The molecule has 0 saturated carbocycles. The van der Waals surface area contributed by atoms with Crippen LogP contribution < -0.4 is 5.32 Å². The van der Waals surface area contributed by atoms with Crippen LogP contribution in [0.15, 0.2) is 36.4 Å². The minimum Gasteiger partial charge on any atom is -0.387 e. The number of hydrogen-bond acceptors (Lipinski definition) is 3. The van der Waals surface area contributed by atoms with Gasteiger partial charge < -0.3 is 10.4 Å². The van der Waals surface area contributed by atoms with Gasteiger partial charge in [0.1, 0.15) is 11.6 Å². The molecule has 1 aromatic carbocycles. The molecule has 0 aliphatic heterocycles. The molecule has 1 aromatic heterocycles. The maximum atomic E-state index is 13.2. The van der Waals surface area contributed by atoms with Crippen molar-refractivity contribution in [1.82, 2.24) is 4.98 Å². The predicted molar refractivity (Wildman–Crippen MR) is 69.1 cm³/mol. The molecule has 0 spiro atoms. The molecule has 2 rings (SSSR count). The quantitative estimate of drug-likeness (QED) is 0.848. The van der Waals surface area contributed by atoms with E-state index in [1.165, 1.54) is 24.3 Å². The van der Waals surface area contributed by atoms with E-state index in [1.807, 2.05) is 0 Å². The Balaban J connectivity index is 2.01. The van der Waals surface area contributed by atoms with E-state index in [4.69, 9.17) is 11.6 Å². The zero-order chi connectivity index (χ0) is 13.8. The van der Waals surface area contributed by atoms with Crippen LogP contribution in [0, 0.1) is 11.8 Å². The summed E-state index contributed by atoms with van der Waals surface area (Å²) in [7, 11) is 0. The van der Waals surface area contributed by atoms with E-state index in [0.29, 0.717) is 11.4 Å². The standard InChI is InChI=1S/C13H11ClF2N2O/c14-9-5-4-8(6-10(9)15)11(19)7-17-13-3-1-2-12(16)18-13/h1-6,11,19H,7H2,(H,17,18). The predicted octanol–water partition coefficient (Wildman–Crippen LogP) is 3.16. The van der Waals surface area contributed by atoms with Crippen LogP contribution in [0.3, 0.4) is 0 Å². The lowest BCUT2D eigenvalue weighted by Crippen LogP contribution is -2.13. The second kappa shape index (κ2) is 5.95. The first kappa shape index (κ1) is 13.7. The second-order valence-electron chi connectivity index (χ2n) is 3.92. The van der Waals surface area contributed by atoms with Crippen LogP contribution in [-0.4, -0.2) is 16.6 Å². The second-order valence-corrected chi connectivity index (χ2v) is 4.32. The van der Waals surface area contributed by atoms with Crippen molar-refractivity contribution in [2.45, 2.75) is 6.10 Å². The highest BCUT2D eigenvalue weighted by Crippen LogP contribution is 2.20. The number of hydrogen-bond donors (Lipinski definition) is 2. The summed E-state index contributed by atoms with van der Waals surface area (Å²) in [5, 5.41) is 12.6. The molecule has 0 bridgehead atoms. The van der Waals surface area contributed by atoms with Gasteiger partial charge in [0.25, 0.3) is 0 Å². The fourth-order valence-corrected chi connectivity index (χ4v) is 1.66. The van der Waals surface area contributed by atoms with Crippen molar-refractivity contribution < 1.29 is 13.9 Å². The van der Waals surface area contributed by atoms with Crippen LogP contribution in [0.1, 0.15) is 11.7 Å². The Bertz CT molecular complexity index is 580. The molecule has 100 valence electrons. The Labute approximate surface area is 113 Å². The zero-order valence-electron chi connectivity index (χ0n) is 9.78. The first-order valence-electron chi connectivity index (χ1n) is 5.55. The minimum atomic E-state index is -0.947. The number of pyridine rings is 1. The molecule has 1 unspecified atom stereocenters. The van der Waals surface area contributed by atoms with Crippen LogP contribution in [0.4, 0.5) is 14.6 Å². The molecular formula is C13H11ClF2N2O. The van der Waals surface area contributed by atoms with Gasteiger partial charge in [-0.15, -0.1) is 0 Å². The molecule has 0 amide bonds. The average molecular weight is 285 g/mol. The molecule has 1 heterocycles.